The van der Waals surface area contributed by atoms with Crippen molar-refractivity contribution in [1.29, 1.82) is 0 Å². The van der Waals surface area contributed by atoms with Gasteiger partial charge in [-0.05, 0) is 35.9 Å². The zero-order chi connectivity index (χ0) is 15.4. The van der Waals surface area contributed by atoms with Crippen LogP contribution in [0.3, 0.4) is 0 Å². The van der Waals surface area contributed by atoms with Gasteiger partial charge in [-0.3, -0.25) is 4.79 Å². The van der Waals surface area contributed by atoms with Crippen LogP contribution in [0.15, 0.2) is 12.1 Å². The summed E-state index contributed by atoms with van der Waals surface area (Å²) in [6.07, 6.45) is 0. The number of hydrogen-bond acceptors (Lipinski definition) is 5. The van der Waals surface area contributed by atoms with Crippen molar-refractivity contribution in [3.05, 3.63) is 22.7 Å². The van der Waals surface area contributed by atoms with E-state index in [9.17, 15) is 4.79 Å². The van der Waals surface area contributed by atoms with Crippen molar-refractivity contribution < 1.29 is 14.3 Å². The minimum Gasteiger partial charge on any atom is -0.493 e. The van der Waals surface area contributed by atoms with E-state index in [1.165, 1.54) is 7.11 Å². The van der Waals surface area contributed by atoms with Crippen molar-refractivity contribution in [2.75, 3.05) is 26.0 Å². The van der Waals surface area contributed by atoms with Gasteiger partial charge < -0.3 is 20.5 Å². The normalized spacial score (nSPS) is 21.9. The molecule has 0 aliphatic carbocycles. The molecule has 1 fully saturated rings. The average Bonchev–Trinajstić information content (AvgIpc) is 2.45. The Morgan fingerprint density at radius 3 is 2.90 bits per heavy atom. The number of carbonyl (C=O) groups excluding carboxylic acids is 1. The number of hydrogen-bond donors (Lipinski definition) is 2. The minimum atomic E-state index is -0.560. The highest BCUT2D eigenvalue weighted by Crippen LogP contribution is 2.41. The maximum absolute atomic E-state index is 10.8. The Bertz CT molecular complexity index is 519. The molecule has 7 heteroatoms. The molecule has 2 unspecified atom stereocenters. The number of primary amides is 1. The van der Waals surface area contributed by atoms with Crippen LogP contribution >= 0.6 is 23.4 Å². The number of ether oxygens (including phenoxy) is 2. The third kappa shape index (κ3) is 4.18. The molecule has 0 saturated carbocycles. The summed E-state index contributed by atoms with van der Waals surface area (Å²) in [7, 11) is 1.54. The summed E-state index contributed by atoms with van der Waals surface area (Å²) >= 11 is 8.09. The third-order valence-electron chi connectivity index (χ3n) is 3.11. The quantitative estimate of drug-likeness (QED) is 0.865. The monoisotopic (exact) mass is 330 g/mol. The fourth-order valence-electron chi connectivity index (χ4n) is 2.08. The summed E-state index contributed by atoms with van der Waals surface area (Å²) in [5, 5.41) is 4.05. The van der Waals surface area contributed by atoms with Gasteiger partial charge in [-0.25, -0.2) is 0 Å². The molecule has 3 N–H and O–H groups in total. The van der Waals surface area contributed by atoms with E-state index in [2.05, 4.69) is 12.2 Å². The van der Waals surface area contributed by atoms with Gasteiger partial charge in [0, 0.05) is 0 Å². The third-order valence-corrected chi connectivity index (χ3v) is 4.93. The van der Waals surface area contributed by atoms with E-state index in [-0.39, 0.29) is 12.0 Å². The molecule has 0 bridgehead atoms. The van der Waals surface area contributed by atoms with Gasteiger partial charge in [-0.2, -0.15) is 0 Å². The average molecular weight is 331 g/mol. The van der Waals surface area contributed by atoms with Gasteiger partial charge in [0.15, 0.2) is 18.1 Å². The summed E-state index contributed by atoms with van der Waals surface area (Å²) in [6.45, 7) is 2.95. The zero-order valence-electron chi connectivity index (χ0n) is 12.0. The smallest absolute Gasteiger partial charge is 0.255 e. The van der Waals surface area contributed by atoms with Crippen molar-refractivity contribution in [3.63, 3.8) is 0 Å². The van der Waals surface area contributed by atoms with E-state index >= 15 is 0 Å². The van der Waals surface area contributed by atoms with Gasteiger partial charge in [-0.1, -0.05) is 18.5 Å². The van der Waals surface area contributed by atoms with Crippen LogP contribution in [0.1, 0.15) is 17.9 Å². The Balaban J connectivity index is 2.21. The summed E-state index contributed by atoms with van der Waals surface area (Å²) in [5.41, 5.74) is 6.11. The van der Waals surface area contributed by atoms with Crippen LogP contribution in [0.4, 0.5) is 0 Å². The van der Waals surface area contributed by atoms with Crippen molar-refractivity contribution in [2.45, 2.75) is 12.3 Å². The molecule has 1 saturated heterocycles. The van der Waals surface area contributed by atoms with E-state index in [1.807, 2.05) is 23.9 Å². The molecular formula is C14H19ClN2O3S. The Hall–Kier alpha value is -1.11. The number of benzene rings is 1. The highest BCUT2D eigenvalue weighted by atomic mass is 35.5. The van der Waals surface area contributed by atoms with E-state index in [0.717, 1.165) is 17.9 Å². The first-order chi connectivity index (χ1) is 10.0. The molecule has 1 aromatic rings. The fraction of sp³-hybridized carbons (Fsp3) is 0.500. The van der Waals surface area contributed by atoms with Gasteiger partial charge in [0.25, 0.3) is 5.91 Å². The molecule has 1 amide bonds. The van der Waals surface area contributed by atoms with Crippen molar-refractivity contribution >= 4 is 29.3 Å². The molecular weight excluding hydrogens is 312 g/mol. The van der Waals surface area contributed by atoms with Crippen LogP contribution < -0.4 is 20.5 Å². The maximum Gasteiger partial charge on any atom is 0.255 e. The largest absolute Gasteiger partial charge is 0.493 e. The maximum atomic E-state index is 10.8. The van der Waals surface area contributed by atoms with Crippen LogP contribution in [0.2, 0.25) is 5.02 Å². The molecule has 1 aliphatic heterocycles. The van der Waals surface area contributed by atoms with E-state index in [4.69, 9.17) is 26.8 Å². The molecule has 5 nitrogen and oxygen atoms in total. The number of carbonyl (C=O) groups is 1. The standard InChI is InChI=1S/C14H19ClN2O3S/c1-8-5-17-14(21-7-8)9-3-10(15)13(11(4-9)19-2)20-6-12(16)18/h3-4,8,14,17H,5-7H2,1-2H3,(H2,16,18). The molecule has 21 heavy (non-hydrogen) atoms. The summed E-state index contributed by atoms with van der Waals surface area (Å²) < 4.78 is 10.6. The first kappa shape index (κ1) is 16.3. The molecule has 116 valence electrons. The molecule has 2 rings (SSSR count). The van der Waals surface area contributed by atoms with Crippen LogP contribution in [-0.2, 0) is 4.79 Å². The second-order valence-electron chi connectivity index (χ2n) is 5.02. The van der Waals surface area contributed by atoms with E-state index < -0.39 is 5.91 Å². The molecule has 0 spiro atoms. The number of nitrogens with one attached hydrogen (secondary N) is 1. The number of thioether (sulfide) groups is 1. The second kappa shape index (κ2) is 7.24. The molecule has 2 atom stereocenters. The Morgan fingerprint density at radius 1 is 1.57 bits per heavy atom. The van der Waals surface area contributed by atoms with E-state index in [1.54, 1.807) is 0 Å². The Kier molecular flexibility index (Phi) is 5.61. The van der Waals surface area contributed by atoms with Crippen LogP contribution in [0.5, 0.6) is 11.5 Å². The van der Waals surface area contributed by atoms with Gasteiger partial charge in [0.1, 0.15) is 0 Å². The minimum absolute atomic E-state index is 0.179. The van der Waals surface area contributed by atoms with E-state index in [0.29, 0.717) is 22.4 Å². The Labute approximate surface area is 133 Å². The first-order valence-corrected chi connectivity index (χ1v) is 8.07. The summed E-state index contributed by atoms with van der Waals surface area (Å²) in [6, 6.07) is 3.71. The highest BCUT2D eigenvalue weighted by Gasteiger charge is 2.22. The highest BCUT2D eigenvalue weighted by molar-refractivity contribution is 7.99. The summed E-state index contributed by atoms with van der Waals surface area (Å²) in [4.78, 5) is 10.8. The molecule has 1 aromatic carbocycles. The van der Waals surface area contributed by atoms with Gasteiger partial charge in [0.05, 0.1) is 17.5 Å². The lowest BCUT2D eigenvalue weighted by atomic mass is 10.1. The molecule has 0 radical (unpaired) electrons. The summed E-state index contributed by atoms with van der Waals surface area (Å²) in [5.74, 6) is 2.03. The van der Waals surface area contributed by atoms with Crippen molar-refractivity contribution in [1.82, 2.24) is 5.32 Å². The van der Waals surface area contributed by atoms with Crippen molar-refractivity contribution in [3.8, 4) is 11.5 Å². The predicted molar refractivity (Wildman–Crippen MR) is 85.1 cm³/mol. The van der Waals surface area contributed by atoms with Gasteiger partial charge >= 0.3 is 0 Å². The van der Waals surface area contributed by atoms with Crippen LogP contribution in [0.25, 0.3) is 0 Å². The van der Waals surface area contributed by atoms with Gasteiger partial charge in [0.2, 0.25) is 0 Å². The first-order valence-electron chi connectivity index (χ1n) is 6.64. The topological polar surface area (TPSA) is 73.6 Å². The SMILES string of the molecule is COc1cc(C2NCC(C)CS2)cc(Cl)c1OCC(N)=O. The lowest BCUT2D eigenvalue weighted by Crippen LogP contribution is -2.31. The van der Waals surface area contributed by atoms with Crippen LogP contribution in [-0.4, -0.2) is 31.9 Å². The van der Waals surface area contributed by atoms with Crippen LogP contribution in [0, 0.1) is 5.92 Å². The van der Waals surface area contributed by atoms with Gasteiger partial charge in [-0.15, -0.1) is 11.8 Å². The molecule has 1 heterocycles. The predicted octanol–water partition coefficient (Wildman–Crippen LogP) is 2.18. The molecule has 0 aromatic heterocycles. The Morgan fingerprint density at radius 2 is 2.33 bits per heavy atom. The number of amides is 1. The number of methoxy groups -OCH3 is 1. The second-order valence-corrected chi connectivity index (χ2v) is 6.56. The lowest BCUT2D eigenvalue weighted by Gasteiger charge is -2.28. The fourth-order valence-corrected chi connectivity index (χ4v) is 3.53. The van der Waals surface area contributed by atoms with Crippen molar-refractivity contribution in [2.24, 2.45) is 11.7 Å². The number of halogens is 1. The number of nitrogens with two attached hydrogens (primary N) is 1. The lowest BCUT2D eigenvalue weighted by molar-refractivity contribution is -0.119. The zero-order valence-corrected chi connectivity index (χ0v) is 13.6. The molecule has 1 aliphatic rings. The number of rotatable bonds is 5.